The van der Waals surface area contributed by atoms with Crippen molar-refractivity contribution in [3.05, 3.63) is 41.1 Å². The van der Waals surface area contributed by atoms with Gasteiger partial charge in [-0.3, -0.25) is 0 Å². The molecule has 0 saturated heterocycles. The van der Waals surface area contributed by atoms with E-state index in [1.54, 1.807) is 0 Å². The molecule has 3 rings (SSSR count). The number of carboxylic acid groups (broad SMARTS) is 1. The number of rotatable bonds is 5. The van der Waals surface area contributed by atoms with Crippen molar-refractivity contribution >= 4 is 17.7 Å². The summed E-state index contributed by atoms with van der Waals surface area (Å²) in [7, 11) is 0. The van der Waals surface area contributed by atoms with E-state index < -0.39 is 5.97 Å². The molecule has 1 N–H and O–H groups in total. The van der Waals surface area contributed by atoms with Crippen molar-refractivity contribution in [2.24, 2.45) is 0 Å². The Bertz CT molecular complexity index is 692. The molecule has 1 aliphatic carbocycles. The first kappa shape index (κ1) is 14.1. The number of hydrogen-bond acceptors (Lipinski definition) is 4. The molecule has 5 nitrogen and oxygen atoms in total. The largest absolute Gasteiger partial charge is 0.478 e. The van der Waals surface area contributed by atoms with E-state index in [-0.39, 0.29) is 0 Å². The molecule has 1 saturated carbocycles. The van der Waals surface area contributed by atoms with Gasteiger partial charge in [0, 0.05) is 29.4 Å². The summed E-state index contributed by atoms with van der Waals surface area (Å²) in [5.41, 5.74) is 3.03. The van der Waals surface area contributed by atoms with Gasteiger partial charge in [0.1, 0.15) is 5.03 Å². The Labute approximate surface area is 127 Å². The molecule has 0 aromatic carbocycles. The third-order valence-corrected chi connectivity index (χ3v) is 4.58. The lowest BCUT2D eigenvalue weighted by atomic mass is 10.1. The number of thioether (sulfide) groups is 1. The van der Waals surface area contributed by atoms with Gasteiger partial charge in [-0.2, -0.15) is 0 Å². The maximum absolute atomic E-state index is 11.4. The summed E-state index contributed by atoms with van der Waals surface area (Å²) in [6, 6.07) is 2.39. The first-order chi connectivity index (χ1) is 10.1. The lowest BCUT2D eigenvalue weighted by Crippen LogP contribution is -2.06. The van der Waals surface area contributed by atoms with Crippen LogP contribution >= 0.6 is 11.8 Å². The van der Waals surface area contributed by atoms with E-state index in [0.717, 1.165) is 17.0 Å². The molecule has 0 radical (unpaired) electrons. The number of aryl methyl sites for hydroxylation is 2. The van der Waals surface area contributed by atoms with Crippen LogP contribution in [0.15, 0.2) is 23.6 Å². The lowest BCUT2D eigenvalue weighted by Gasteiger charge is -2.10. The molecule has 2 heterocycles. The smallest absolute Gasteiger partial charge is 0.338 e. The molecular weight excluding hydrogens is 286 g/mol. The van der Waals surface area contributed by atoms with Gasteiger partial charge >= 0.3 is 5.97 Å². The molecule has 1 aliphatic rings. The molecule has 0 amide bonds. The van der Waals surface area contributed by atoms with Crippen LogP contribution in [-0.4, -0.2) is 25.6 Å². The van der Waals surface area contributed by atoms with Crippen LogP contribution in [0, 0.1) is 13.8 Å². The zero-order chi connectivity index (χ0) is 15.0. The van der Waals surface area contributed by atoms with Gasteiger partial charge < -0.3 is 9.67 Å². The molecule has 1 fully saturated rings. The summed E-state index contributed by atoms with van der Waals surface area (Å²) in [5.74, 6) is -0.231. The predicted molar refractivity (Wildman–Crippen MR) is 80.7 cm³/mol. The van der Waals surface area contributed by atoms with Crippen LogP contribution in [0.4, 0.5) is 0 Å². The number of nitrogens with zero attached hydrogens (tertiary/aromatic N) is 3. The van der Waals surface area contributed by atoms with Gasteiger partial charge in [-0.15, -0.1) is 0 Å². The highest BCUT2D eigenvalue weighted by molar-refractivity contribution is 7.98. The average Bonchev–Trinajstić information content (AvgIpc) is 3.14. The Kier molecular flexibility index (Phi) is 3.71. The molecule has 0 unspecified atom stereocenters. The van der Waals surface area contributed by atoms with E-state index in [1.807, 2.05) is 32.4 Å². The Morgan fingerprint density at radius 1 is 1.48 bits per heavy atom. The van der Waals surface area contributed by atoms with Gasteiger partial charge in [-0.25, -0.2) is 14.8 Å². The maximum atomic E-state index is 11.4. The second-order valence-corrected chi connectivity index (χ2v) is 6.34. The molecule has 0 spiro atoms. The standard InChI is InChI=1S/C15H17N3O2S/c1-9-5-10(2)17-14(13(9)15(19)20)21-7-12-6-16-8-18(12)11-3-4-11/h5-6,8,11H,3-4,7H2,1-2H3,(H,19,20). The summed E-state index contributed by atoms with van der Waals surface area (Å²) >= 11 is 1.47. The first-order valence-electron chi connectivity index (χ1n) is 6.91. The van der Waals surface area contributed by atoms with E-state index in [9.17, 15) is 9.90 Å². The van der Waals surface area contributed by atoms with Crippen LogP contribution in [0.3, 0.4) is 0 Å². The van der Waals surface area contributed by atoms with Crippen molar-refractivity contribution in [1.29, 1.82) is 0 Å². The van der Waals surface area contributed by atoms with Crippen LogP contribution < -0.4 is 0 Å². The molecule has 6 heteroatoms. The quantitative estimate of drug-likeness (QED) is 0.859. The number of imidazole rings is 1. The van der Waals surface area contributed by atoms with Crippen molar-refractivity contribution in [1.82, 2.24) is 14.5 Å². The topological polar surface area (TPSA) is 68.0 Å². The predicted octanol–water partition coefficient (Wildman–Crippen LogP) is 3.22. The highest BCUT2D eigenvalue weighted by Gasteiger charge is 2.25. The van der Waals surface area contributed by atoms with E-state index >= 15 is 0 Å². The molecule has 21 heavy (non-hydrogen) atoms. The van der Waals surface area contributed by atoms with Gasteiger partial charge in [-0.05, 0) is 38.3 Å². The minimum Gasteiger partial charge on any atom is -0.478 e. The van der Waals surface area contributed by atoms with Gasteiger partial charge in [0.25, 0.3) is 0 Å². The van der Waals surface area contributed by atoms with Crippen LogP contribution in [0.2, 0.25) is 0 Å². The van der Waals surface area contributed by atoms with Gasteiger partial charge in [0.2, 0.25) is 0 Å². The number of carboxylic acids is 1. The maximum Gasteiger partial charge on any atom is 0.338 e. The van der Waals surface area contributed by atoms with Crippen LogP contribution in [0.25, 0.3) is 0 Å². The van der Waals surface area contributed by atoms with Crippen molar-refractivity contribution in [3.63, 3.8) is 0 Å². The van der Waals surface area contributed by atoms with E-state index in [2.05, 4.69) is 14.5 Å². The third-order valence-electron chi connectivity index (χ3n) is 3.57. The summed E-state index contributed by atoms with van der Waals surface area (Å²) in [5, 5.41) is 9.96. The normalized spacial score (nSPS) is 14.4. The highest BCUT2D eigenvalue weighted by Crippen LogP contribution is 2.37. The van der Waals surface area contributed by atoms with E-state index in [1.165, 1.54) is 24.6 Å². The number of hydrogen-bond donors (Lipinski definition) is 1. The van der Waals surface area contributed by atoms with E-state index in [4.69, 9.17) is 0 Å². The summed E-state index contributed by atoms with van der Waals surface area (Å²) in [6.07, 6.45) is 6.13. The molecular formula is C15H17N3O2S. The monoisotopic (exact) mass is 303 g/mol. The molecule has 110 valence electrons. The summed E-state index contributed by atoms with van der Waals surface area (Å²) < 4.78 is 2.19. The van der Waals surface area contributed by atoms with Crippen LogP contribution in [0.5, 0.6) is 0 Å². The van der Waals surface area contributed by atoms with Crippen molar-refractivity contribution in [2.45, 2.75) is 43.5 Å². The van der Waals surface area contributed by atoms with Gasteiger partial charge in [-0.1, -0.05) is 11.8 Å². The van der Waals surface area contributed by atoms with E-state index in [0.29, 0.717) is 22.4 Å². The van der Waals surface area contributed by atoms with Crippen molar-refractivity contribution in [2.75, 3.05) is 0 Å². The third kappa shape index (κ3) is 2.95. The zero-order valence-corrected chi connectivity index (χ0v) is 12.9. The SMILES string of the molecule is Cc1cc(C)c(C(=O)O)c(SCc2cncn2C2CC2)n1. The minimum absolute atomic E-state index is 0.308. The van der Waals surface area contributed by atoms with Gasteiger partial charge in [0.15, 0.2) is 0 Å². The van der Waals surface area contributed by atoms with Crippen molar-refractivity contribution < 1.29 is 9.90 Å². The molecule has 0 bridgehead atoms. The molecule has 2 aromatic heterocycles. The summed E-state index contributed by atoms with van der Waals surface area (Å²) in [4.78, 5) is 20.0. The summed E-state index contributed by atoms with van der Waals surface area (Å²) in [6.45, 7) is 3.70. The fraction of sp³-hybridized carbons (Fsp3) is 0.400. The highest BCUT2D eigenvalue weighted by atomic mass is 32.2. The average molecular weight is 303 g/mol. The second-order valence-electron chi connectivity index (χ2n) is 5.38. The Hall–Kier alpha value is -1.82. The first-order valence-corrected chi connectivity index (χ1v) is 7.90. The Morgan fingerprint density at radius 2 is 2.24 bits per heavy atom. The van der Waals surface area contributed by atoms with Crippen LogP contribution in [0.1, 0.15) is 46.2 Å². The Balaban J connectivity index is 1.84. The second kappa shape index (κ2) is 5.52. The molecule has 0 atom stereocenters. The van der Waals surface area contributed by atoms with Gasteiger partial charge in [0.05, 0.1) is 11.9 Å². The lowest BCUT2D eigenvalue weighted by molar-refractivity contribution is 0.0691. The number of aromatic nitrogens is 3. The van der Waals surface area contributed by atoms with Crippen molar-refractivity contribution in [3.8, 4) is 0 Å². The number of carbonyl (C=O) groups is 1. The molecule has 2 aromatic rings. The zero-order valence-electron chi connectivity index (χ0n) is 12.0. The Morgan fingerprint density at radius 3 is 2.90 bits per heavy atom. The fourth-order valence-electron chi connectivity index (χ4n) is 2.43. The fourth-order valence-corrected chi connectivity index (χ4v) is 3.54. The van der Waals surface area contributed by atoms with Crippen LogP contribution in [-0.2, 0) is 5.75 Å². The minimum atomic E-state index is -0.918. The number of pyridine rings is 1. The number of aromatic carboxylic acids is 1. The molecule has 0 aliphatic heterocycles.